The van der Waals surface area contributed by atoms with E-state index in [1.165, 1.54) is 6.92 Å². The molecule has 112 valence electrons. The first-order chi connectivity index (χ1) is 10.5. The van der Waals surface area contributed by atoms with Gasteiger partial charge in [0.05, 0.1) is 16.8 Å². The zero-order valence-electron chi connectivity index (χ0n) is 12.3. The van der Waals surface area contributed by atoms with Gasteiger partial charge in [-0.2, -0.15) is 0 Å². The van der Waals surface area contributed by atoms with Gasteiger partial charge in [0.1, 0.15) is 10.7 Å². The van der Waals surface area contributed by atoms with Gasteiger partial charge in [-0.25, -0.2) is 4.98 Å². The van der Waals surface area contributed by atoms with Crippen LogP contribution in [0.25, 0.3) is 10.2 Å². The van der Waals surface area contributed by atoms with Gasteiger partial charge in [0.15, 0.2) is 5.78 Å². The third-order valence-corrected chi connectivity index (χ3v) is 4.40. The van der Waals surface area contributed by atoms with Crippen molar-refractivity contribution in [3.05, 3.63) is 52.8 Å². The molecule has 1 N–H and O–H groups in total. The van der Waals surface area contributed by atoms with E-state index in [0.29, 0.717) is 17.8 Å². The van der Waals surface area contributed by atoms with E-state index < -0.39 is 0 Å². The van der Waals surface area contributed by atoms with Gasteiger partial charge in [-0.1, -0.05) is 12.1 Å². The number of Topliss-reactive ketones (excluding diaryl/α,β-unsaturated/α-hetero) is 1. The number of amides is 1. The fraction of sp³-hybridized carbons (Fsp3) is 0.188. The molecular formula is C16H15N3O2S. The van der Waals surface area contributed by atoms with Crippen LogP contribution in [0.5, 0.6) is 0 Å². The summed E-state index contributed by atoms with van der Waals surface area (Å²) in [4.78, 5) is 32.6. The maximum Gasteiger partial charge on any atom is 0.270 e. The van der Waals surface area contributed by atoms with Crippen molar-refractivity contribution in [2.24, 2.45) is 0 Å². The fourth-order valence-electron chi connectivity index (χ4n) is 2.19. The Morgan fingerprint density at radius 3 is 2.77 bits per heavy atom. The molecule has 5 nitrogen and oxygen atoms in total. The van der Waals surface area contributed by atoms with Gasteiger partial charge in [-0.15, -0.1) is 11.3 Å². The molecule has 0 fully saturated rings. The summed E-state index contributed by atoms with van der Waals surface area (Å²) in [5, 5.41) is 0.885. The summed E-state index contributed by atoms with van der Waals surface area (Å²) in [7, 11) is 1.72. The molecule has 1 amide bonds. The minimum atomic E-state index is -0.160. The lowest BCUT2D eigenvalue weighted by Gasteiger charge is -2.14. The van der Waals surface area contributed by atoms with E-state index in [1.807, 2.05) is 24.3 Å². The number of fused-ring (bicyclic) bond motifs is 1. The molecule has 0 bridgehead atoms. The predicted octanol–water partition coefficient (Wildman–Crippen LogP) is 3.10. The average molecular weight is 313 g/mol. The smallest absolute Gasteiger partial charge is 0.270 e. The van der Waals surface area contributed by atoms with Gasteiger partial charge >= 0.3 is 0 Å². The second kappa shape index (κ2) is 5.73. The highest BCUT2D eigenvalue weighted by Gasteiger charge is 2.16. The molecule has 6 heteroatoms. The van der Waals surface area contributed by atoms with Crippen LogP contribution in [0.4, 0.5) is 0 Å². The number of carbonyl (C=O) groups is 2. The number of thiazole rings is 1. The molecule has 2 aromatic heterocycles. The first-order valence-corrected chi connectivity index (χ1v) is 7.65. The molecule has 0 aliphatic heterocycles. The Bertz CT molecular complexity index is 817. The second-order valence-corrected chi connectivity index (χ2v) is 6.21. The van der Waals surface area contributed by atoms with Gasteiger partial charge in [-0.3, -0.25) is 9.59 Å². The summed E-state index contributed by atoms with van der Waals surface area (Å²) < 4.78 is 1.11. The third kappa shape index (κ3) is 2.78. The summed E-state index contributed by atoms with van der Waals surface area (Å²) in [5.41, 5.74) is 1.87. The minimum absolute atomic E-state index is 0.0656. The molecule has 0 atom stereocenters. The molecular weight excluding hydrogens is 298 g/mol. The molecule has 22 heavy (non-hydrogen) atoms. The van der Waals surface area contributed by atoms with Gasteiger partial charge in [0.25, 0.3) is 5.91 Å². The number of carbonyl (C=O) groups excluding carboxylic acids is 2. The van der Waals surface area contributed by atoms with Crippen molar-refractivity contribution in [2.75, 3.05) is 7.05 Å². The van der Waals surface area contributed by atoms with Crippen molar-refractivity contribution in [1.29, 1.82) is 0 Å². The number of benzene rings is 1. The molecule has 0 aliphatic carbocycles. The SMILES string of the molecule is CC(=O)c1c[nH]c(C(=O)N(C)Cc2nc3ccccc3s2)c1. The van der Waals surface area contributed by atoms with Crippen LogP contribution in [0.2, 0.25) is 0 Å². The molecule has 0 spiro atoms. The Hall–Kier alpha value is -2.47. The normalized spacial score (nSPS) is 10.8. The quantitative estimate of drug-likeness (QED) is 0.753. The standard InChI is InChI=1S/C16H15N3O2S/c1-10(20)11-7-13(17-8-11)16(21)19(2)9-15-18-12-5-3-4-6-14(12)22-15/h3-8,17H,9H2,1-2H3. The van der Waals surface area contributed by atoms with E-state index in [-0.39, 0.29) is 11.7 Å². The highest BCUT2D eigenvalue weighted by atomic mass is 32.1. The number of aromatic nitrogens is 2. The molecule has 0 saturated heterocycles. The molecule has 0 aliphatic rings. The maximum absolute atomic E-state index is 12.4. The predicted molar refractivity (Wildman–Crippen MR) is 86.2 cm³/mol. The zero-order valence-corrected chi connectivity index (χ0v) is 13.1. The molecule has 3 rings (SSSR count). The summed E-state index contributed by atoms with van der Waals surface area (Å²) in [6.07, 6.45) is 1.56. The number of para-hydroxylation sites is 1. The first-order valence-electron chi connectivity index (χ1n) is 6.84. The van der Waals surface area contributed by atoms with Crippen LogP contribution < -0.4 is 0 Å². The summed E-state index contributed by atoms with van der Waals surface area (Å²) in [6.45, 7) is 1.91. The van der Waals surface area contributed by atoms with Crippen LogP contribution in [-0.4, -0.2) is 33.6 Å². The lowest BCUT2D eigenvalue weighted by atomic mass is 10.2. The summed E-state index contributed by atoms with van der Waals surface area (Å²) in [6, 6.07) is 9.48. The van der Waals surface area contributed by atoms with Crippen LogP contribution in [0.1, 0.15) is 32.8 Å². The van der Waals surface area contributed by atoms with Gasteiger partial charge in [-0.05, 0) is 25.1 Å². The highest BCUT2D eigenvalue weighted by Crippen LogP contribution is 2.22. The Kier molecular flexibility index (Phi) is 3.77. The largest absolute Gasteiger partial charge is 0.356 e. The second-order valence-electron chi connectivity index (χ2n) is 5.09. The first kappa shape index (κ1) is 14.5. The minimum Gasteiger partial charge on any atom is -0.356 e. The highest BCUT2D eigenvalue weighted by molar-refractivity contribution is 7.18. The molecule has 1 aromatic carbocycles. The van der Waals surface area contributed by atoms with Crippen LogP contribution in [0.15, 0.2) is 36.5 Å². The van der Waals surface area contributed by atoms with Crippen molar-refractivity contribution in [3.63, 3.8) is 0 Å². The van der Waals surface area contributed by atoms with Crippen LogP contribution in [0, 0.1) is 0 Å². The number of aromatic amines is 1. The van der Waals surface area contributed by atoms with E-state index in [9.17, 15) is 9.59 Å². The van der Waals surface area contributed by atoms with E-state index >= 15 is 0 Å². The van der Waals surface area contributed by atoms with Gasteiger partial charge < -0.3 is 9.88 Å². The summed E-state index contributed by atoms with van der Waals surface area (Å²) >= 11 is 1.58. The van der Waals surface area contributed by atoms with Crippen LogP contribution in [-0.2, 0) is 6.54 Å². The number of nitrogens with zero attached hydrogens (tertiary/aromatic N) is 2. The van der Waals surface area contributed by atoms with E-state index in [0.717, 1.165) is 15.2 Å². The number of hydrogen-bond acceptors (Lipinski definition) is 4. The van der Waals surface area contributed by atoms with Crippen molar-refractivity contribution in [1.82, 2.24) is 14.9 Å². The van der Waals surface area contributed by atoms with Crippen molar-refractivity contribution in [2.45, 2.75) is 13.5 Å². The summed E-state index contributed by atoms with van der Waals surface area (Å²) in [5.74, 6) is -0.226. The molecule has 3 aromatic rings. The number of nitrogens with one attached hydrogen (secondary N) is 1. The lowest BCUT2D eigenvalue weighted by Crippen LogP contribution is -2.26. The van der Waals surface area contributed by atoms with E-state index in [1.54, 1.807) is 35.5 Å². The average Bonchev–Trinajstić information content (AvgIpc) is 3.12. The van der Waals surface area contributed by atoms with Gasteiger partial charge in [0, 0.05) is 18.8 Å². The Labute approximate surface area is 131 Å². The van der Waals surface area contributed by atoms with Crippen LogP contribution >= 0.6 is 11.3 Å². The zero-order chi connectivity index (χ0) is 15.7. The number of hydrogen-bond donors (Lipinski definition) is 1. The lowest BCUT2D eigenvalue weighted by molar-refractivity contribution is 0.0780. The molecule has 0 unspecified atom stereocenters. The molecule has 0 saturated carbocycles. The fourth-order valence-corrected chi connectivity index (χ4v) is 3.21. The van der Waals surface area contributed by atoms with Gasteiger partial charge in [0.2, 0.25) is 0 Å². The molecule has 2 heterocycles. The van der Waals surface area contributed by atoms with E-state index in [4.69, 9.17) is 0 Å². The van der Waals surface area contributed by atoms with Crippen molar-refractivity contribution < 1.29 is 9.59 Å². The number of H-pyrrole nitrogens is 1. The number of rotatable bonds is 4. The number of ketones is 1. The Balaban J connectivity index is 1.76. The van der Waals surface area contributed by atoms with Crippen molar-refractivity contribution in [3.8, 4) is 0 Å². The van der Waals surface area contributed by atoms with Crippen LogP contribution in [0.3, 0.4) is 0 Å². The Morgan fingerprint density at radius 2 is 2.09 bits per heavy atom. The van der Waals surface area contributed by atoms with Crippen molar-refractivity contribution >= 4 is 33.2 Å². The topological polar surface area (TPSA) is 66.1 Å². The van der Waals surface area contributed by atoms with E-state index in [2.05, 4.69) is 9.97 Å². The third-order valence-electron chi connectivity index (χ3n) is 3.38. The maximum atomic E-state index is 12.4. The monoisotopic (exact) mass is 313 g/mol. The molecule has 0 radical (unpaired) electrons. The Morgan fingerprint density at radius 1 is 1.32 bits per heavy atom.